The van der Waals surface area contributed by atoms with Crippen LogP contribution in [-0.2, 0) is 52.4 Å². The van der Waals surface area contributed by atoms with Gasteiger partial charge in [-0.15, -0.1) is 0 Å². The van der Waals surface area contributed by atoms with Crippen LogP contribution < -0.4 is 4.74 Å². The Labute approximate surface area is 392 Å². The monoisotopic (exact) mass is 938 g/mol. The molecule has 0 saturated carbocycles. The first kappa shape index (κ1) is 42.8. The summed E-state index contributed by atoms with van der Waals surface area (Å²) in [6.45, 7) is 1.85. The Kier molecular flexibility index (Phi) is 13.6. The van der Waals surface area contributed by atoms with Crippen molar-refractivity contribution in [1.82, 2.24) is 0 Å². The molecule has 350 valence electrons. The van der Waals surface area contributed by atoms with Crippen molar-refractivity contribution >= 4 is 29.8 Å². The molecule has 0 radical (unpaired) electrons. The molecule has 16 heteroatoms. The molecule has 0 spiro atoms. The molecule has 0 aromatic heterocycles. The zero-order valence-corrected chi connectivity index (χ0v) is 36.0. The molecule has 1 heterocycles. The van der Waals surface area contributed by atoms with Crippen molar-refractivity contribution in [1.29, 1.82) is 0 Å². The van der Waals surface area contributed by atoms with Crippen LogP contribution in [0.1, 0.15) is 83.0 Å². The number of hydrogen-bond acceptors (Lipinski definition) is 12. The summed E-state index contributed by atoms with van der Waals surface area (Å²) in [7, 11) is 0. The van der Waals surface area contributed by atoms with Crippen LogP contribution in [0.15, 0.2) is 158 Å². The Morgan fingerprint density at radius 3 is 1.60 bits per heavy atom. The van der Waals surface area contributed by atoms with Gasteiger partial charge < -0.3 is 33.2 Å². The Bertz CT molecular complexity index is 2990. The normalized spacial score (nSPS) is 19.1. The minimum Gasteiger partial charge on any atom is -0.461 e. The number of benzene rings is 6. The molecule has 0 amide bonds. The van der Waals surface area contributed by atoms with E-state index in [9.17, 15) is 37.1 Å². The first-order valence-corrected chi connectivity index (χ1v) is 20.8. The van der Waals surface area contributed by atoms with Crippen molar-refractivity contribution in [2.75, 3.05) is 0 Å². The van der Waals surface area contributed by atoms with Gasteiger partial charge in [-0.3, -0.25) is 4.79 Å². The fraction of sp³-hybridized carbons (Fsp3) is 0.212. The largest absolute Gasteiger partial charge is 0.461 e. The van der Waals surface area contributed by atoms with Crippen molar-refractivity contribution in [2.24, 2.45) is 0 Å². The van der Waals surface area contributed by atoms with Gasteiger partial charge in [0.25, 0.3) is 0 Å². The van der Waals surface area contributed by atoms with E-state index in [1.165, 1.54) is 110 Å². The average Bonchev–Trinajstić information content (AvgIpc) is 3.33. The Morgan fingerprint density at radius 1 is 0.632 bits per heavy atom. The molecular formula is C52H42F4O12. The maximum absolute atomic E-state index is 16.6. The van der Waals surface area contributed by atoms with Crippen molar-refractivity contribution < 1.29 is 80.2 Å². The summed E-state index contributed by atoms with van der Waals surface area (Å²) in [6, 6.07) is 26.5. The molecule has 68 heavy (non-hydrogen) atoms. The number of rotatable bonds is 15. The second-order valence-corrected chi connectivity index (χ2v) is 15.1. The Balaban J connectivity index is 1.42. The molecule has 0 unspecified atom stereocenters. The Morgan fingerprint density at radius 2 is 1.12 bits per heavy atom. The van der Waals surface area contributed by atoms with Crippen LogP contribution >= 0.6 is 0 Å². The highest BCUT2D eigenvalue weighted by molar-refractivity contribution is 5.91. The minimum atomic E-state index is -4.70. The highest BCUT2D eigenvalue weighted by atomic mass is 19.4. The molecule has 6 atom stereocenters. The van der Waals surface area contributed by atoms with Gasteiger partial charge in [0, 0.05) is 18.9 Å². The van der Waals surface area contributed by atoms with Crippen LogP contribution in [0.3, 0.4) is 0 Å². The number of hydrogen-bond donors (Lipinski definition) is 0. The second-order valence-electron chi connectivity index (χ2n) is 15.1. The van der Waals surface area contributed by atoms with Gasteiger partial charge >= 0.3 is 36.0 Å². The predicted molar refractivity (Wildman–Crippen MR) is 234 cm³/mol. The SMILES string of the molecule is [2H]c1ccccc1C(=O)O[C@H]1[C@H](OC(=O)c2ccccc2[2H])[C@@H]([C@@H](C)OC(=O)c2ccccc2[2H])O[C@@H](Oc2cc(COC(C)=O)cc(F)c2Cc2ccc(C(F)(F)F)cc2)[C@@H]1OC(=O)c1ccccc1[2H]. The van der Waals surface area contributed by atoms with Gasteiger partial charge in [0.15, 0.2) is 12.2 Å². The molecule has 0 bridgehead atoms. The van der Waals surface area contributed by atoms with Gasteiger partial charge in [-0.2, -0.15) is 13.2 Å². The minimum absolute atomic E-state index is 0.0230. The highest BCUT2D eigenvalue weighted by Crippen LogP contribution is 2.37. The standard InChI is InChI=1S/C52H42F4O12/c1-31(63-47(58)35-15-7-3-8-16-35)43-44(65-48(59)36-17-9-4-10-18-36)45(66-49(60)37-19-11-5-12-20-37)46(67-50(61)38-21-13-6-14-22-38)51(68-43)64-42-29-34(30-62-32(2)57)28-41(53)40(42)27-33-23-25-39(26-24-33)52(54,55)56/h3-26,28-29,31,43-46,51H,27,30H2,1-2H3/t31-,43-,44-,45+,46-,51-/m1/s1/i15D,17D,19D,21D. The molecule has 1 saturated heterocycles. The van der Waals surface area contributed by atoms with E-state index in [1.54, 1.807) is 0 Å². The van der Waals surface area contributed by atoms with Crippen LogP contribution in [-0.4, -0.2) is 66.7 Å². The predicted octanol–water partition coefficient (Wildman–Crippen LogP) is 9.52. The zero-order valence-electron chi connectivity index (χ0n) is 40.0. The van der Waals surface area contributed by atoms with Crippen molar-refractivity contribution in [3.8, 4) is 5.75 Å². The van der Waals surface area contributed by atoms with Gasteiger partial charge in [0.1, 0.15) is 30.4 Å². The average molecular weight is 939 g/mol. The van der Waals surface area contributed by atoms with Crippen LogP contribution in [0.4, 0.5) is 17.6 Å². The van der Waals surface area contributed by atoms with Gasteiger partial charge in [-0.25, -0.2) is 23.6 Å². The molecule has 6 aromatic rings. The smallest absolute Gasteiger partial charge is 0.416 e. The summed E-state index contributed by atoms with van der Waals surface area (Å²) in [5.41, 5.74) is -2.40. The van der Waals surface area contributed by atoms with E-state index in [0.29, 0.717) is 0 Å². The van der Waals surface area contributed by atoms with Gasteiger partial charge in [0.05, 0.1) is 33.3 Å². The fourth-order valence-electron chi connectivity index (χ4n) is 6.99. The molecule has 1 aliphatic rings. The zero-order chi connectivity index (χ0) is 51.9. The summed E-state index contributed by atoms with van der Waals surface area (Å²) in [4.78, 5) is 68.4. The van der Waals surface area contributed by atoms with E-state index in [-0.39, 0.29) is 63.1 Å². The number of carbonyl (C=O) groups is 5. The van der Waals surface area contributed by atoms with Crippen molar-refractivity contribution in [2.45, 2.75) is 69.9 Å². The first-order chi connectivity index (χ1) is 34.3. The molecular weight excluding hydrogens is 893 g/mol. The van der Waals surface area contributed by atoms with E-state index in [0.717, 1.165) is 37.3 Å². The summed E-state index contributed by atoms with van der Waals surface area (Å²) in [6.07, 6.45) is -17.0. The highest BCUT2D eigenvalue weighted by Gasteiger charge is 2.56. The van der Waals surface area contributed by atoms with Gasteiger partial charge in [-0.1, -0.05) is 84.9 Å². The summed E-state index contributed by atoms with van der Waals surface area (Å²) in [5, 5.41) is 0. The van der Waals surface area contributed by atoms with E-state index in [2.05, 4.69) is 0 Å². The Hall–Kier alpha value is -7.85. The first-order valence-electron chi connectivity index (χ1n) is 22.8. The summed E-state index contributed by atoms with van der Waals surface area (Å²) >= 11 is 0. The molecule has 0 aliphatic carbocycles. The lowest BCUT2D eigenvalue weighted by Gasteiger charge is -2.45. The fourth-order valence-corrected chi connectivity index (χ4v) is 6.99. The lowest BCUT2D eigenvalue weighted by molar-refractivity contribution is -0.284. The quantitative estimate of drug-likeness (QED) is 0.0548. The molecule has 1 fully saturated rings. The van der Waals surface area contributed by atoms with Crippen LogP contribution in [0.5, 0.6) is 5.75 Å². The van der Waals surface area contributed by atoms with Gasteiger partial charge in [-0.05, 0) is 90.8 Å². The topological polar surface area (TPSA) is 150 Å². The maximum Gasteiger partial charge on any atom is 0.416 e. The summed E-state index contributed by atoms with van der Waals surface area (Å²) < 4.78 is 133. The lowest BCUT2D eigenvalue weighted by Crippen LogP contribution is -2.65. The van der Waals surface area contributed by atoms with E-state index in [1.807, 2.05) is 0 Å². The number of halogens is 4. The molecule has 7 rings (SSSR count). The van der Waals surface area contributed by atoms with E-state index < -0.39 is 103 Å². The number of ether oxygens (including phenoxy) is 7. The van der Waals surface area contributed by atoms with E-state index in [4.69, 9.17) is 38.6 Å². The molecule has 0 N–H and O–H groups in total. The van der Waals surface area contributed by atoms with Crippen LogP contribution in [0.2, 0.25) is 0 Å². The second kappa shape index (κ2) is 21.6. The number of esters is 5. The lowest BCUT2D eigenvalue weighted by atomic mass is 9.94. The van der Waals surface area contributed by atoms with Crippen LogP contribution in [0.25, 0.3) is 0 Å². The number of alkyl halides is 3. The third-order valence-corrected chi connectivity index (χ3v) is 10.3. The van der Waals surface area contributed by atoms with Crippen molar-refractivity contribution in [3.05, 3.63) is 208 Å². The third-order valence-electron chi connectivity index (χ3n) is 10.3. The molecule has 6 aromatic carbocycles. The summed E-state index contributed by atoms with van der Waals surface area (Å²) in [5.74, 6) is -7.02. The van der Waals surface area contributed by atoms with Gasteiger partial charge in [0.2, 0.25) is 12.4 Å². The van der Waals surface area contributed by atoms with E-state index >= 15 is 4.39 Å². The molecule has 12 nitrogen and oxygen atoms in total. The third kappa shape index (κ3) is 12.1. The number of carbonyl (C=O) groups excluding carboxylic acids is 5. The van der Waals surface area contributed by atoms with Crippen molar-refractivity contribution in [3.63, 3.8) is 0 Å². The maximum atomic E-state index is 16.6. The van der Waals surface area contributed by atoms with Crippen LogP contribution in [0, 0.1) is 5.82 Å². The molecule has 1 aliphatic heterocycles.